The second kappa shape index (κ2) is 8.88. The number of ether oxygens (including phenoxy) is 1. The molecule has 4 rings (SSSR count). The number of aryl methyl sites for hydroxylation is 1. The number of aromatic nitrogens is 3. The van der Waals surface area contributed by atoms with Crippen LogP contribution in [0.25, 0.3) is 10.9 Å². The summed E-state index contributed by atoms with van der Waals surface area (Å²) in [6, 6.07) is 3.08. The molecule has 1 aliphatic carbocycles. The maximum absolute atomic E-state index is 14.7. The molecular formula is C24H26F4N4O2. The largest absolute Gasteiger partial charge is 0.484 e. The molecule has 0 saturated heterocycles. The molecule has 1 saturated carbocycles. The van der Waals surface area contributed by atoms with E-state index in [1.165, 1.54) is 22.9 Å². The lowest BCUT2D eigenvalue weighted by atomic mass is 10.0. The molecule has 0 amide bonds. The lowest BCUT2D eigenvalue weighted by molar-refractivity contribution is 0.146. The van der Waals surface area contributed by atoms with Crippen molar-refractivity contribution >= 4 is 16.7 Å². The fourth-order valence-electron chi connectivity index (χ4n) is 4.02. The van der Waals surface area contributed by atoms with E-state index in [2.05, 4.69) is 15.3 Å². The average molecular weight is 478 g/mol. The van der Waals surface area contributed by atoms with E-state index in [4.69, 9.17) is 4.74 Å². The van der Waals surface area contributed by atoms with Gasteiger partial charge in [0.05, 0.1) is 28.6 Å². The van der Waals surface area contributed by atoms with Gasteiger partial charge in [0, 0.05) is 11.8 Å². The second-order valence-electron chi connectivity index (χ2n) is 8.96. The van der Waals surface area contributed by atoms with Crippen molar-refractivity contribution in [3.63, 3.8) is 0 Å². The lowest BCUT2D eigenvalue weighted by Gasteiger charge is -2.22. The summed E-state index contributed by atoms with van der Waals surface area (Å²) in [5.41, 5.74) is -1.82. The number of rotatable bonds is 8. The van der Waals surface area contributed by atoms with Gasteiger partial charge in [0.2, 0.25) is 5.75 Å². The van der Waals surface area contributed by atoms with Gasteiger partial charge in [-0.25, -0.2) is 27.5 Å². The van der Waals surface area contributed by atoms with Crippen LogP contribution in [-0.2, 0) is 5.54 Å². The van der Waals surface area contributed by atoms with Gasteiger partial charge in [-0.1, -0.05) is 18.2 Å². The smallest absolute Gasteiger partial charge is 0.295 e. The number of nitrogens with one attached hydrogen (secondary N) is 1. The van der Waals surface area contributed by atoms with Gasteiger partial charge in [0.1, 0.15) is 29.7 Å². The lowest BCUT2D eigenvalue weighted by Crippen LogP contribution is -2.33. The summed E-state index contributed by atoms with van der Waals surface area (Å²) in [4.78, 5) is 22.1. The van der Waals surface area contributed by atoms with Crippen molar-refractivity contribution in [2.45, 2.75) is 64.6 Å². The number of fused-ring (bicyclic) bond motifs is 1. The van der Waals surface area contributed by atoms with Gasteiger partial charge >= 0.3 is 0 Å². The number of anilines is 1. The molecular weight excluding hydrogens is 452 g/mol. The van der Waals surface area contributed by atoms with E-state index in [-0.39, 0.29) is 28.8 Å². The molecule has 34 heavy (non-hydrogen) atoms. The zero-order valence-corrected chi connectivity index (χ0v) is 19.3. The van der Waals surface area contributed by atoms with Crippen molar-refractivity contribution in [1.29, 1.82) is 0 Å². The van der Waals surface area contributed by atoms with E-state index in [1.807, 2.05) is 0 Å². The van der Waals surface area contributed by atoms with E-state index in [0.29, 0.717) is 24.1 Å². The van der Waals surface area contributed by atoms with Crippen LogP contribution in [0.1, 0.15) is 63.0 Å². The Morgan fingerprint density at radius 3 is 2.44 bits per heavy atom. The standard InChI is InChI=1S/C24H26F4N4O2/c1-12(2)34-20-19-17(10-32(23(20)33)24(11-25)8-9-24)22(31-14(4)30-19)29-13(3)15-6-5-7-16(18(15)26)21(27)28/h5-7,10,12-13,21H,8-9,11H2,1-4H3,(H,29,30,31)/t13-/m1/s1. The summed E-state index contributed by atoms with van der Waals surface area (Å²) in [7, 11) is 0. The van der Waals surface area contributed by atoms with Crippen molar-refractivity contribution in [2.24, 2.45) is 0 Å². The fraction of sp³-hybridized carbons (Fsp3) is 0.458. The van der Waals surface area contributed by atoms with E-state index < -0.39 is 41.6 Å². The second-order valence-corrected chi connectivity index (χ2v) is 8.96. The summed E-state index contributed by atoms with van der Waals surface area (Å²) in [5.74, 6) is -0.433. The Morgan fingerprint density at radius 2 is 1.85 bits per heavy atom. The van der Waals surface area contributed by atoms with E-state index in [9.17, 15) is 22.4 Å². The normalized spacial score (nSPS) is 15.7. The van der Waals surface area contributed by atoms with E-state index in [0.717, 1.165) is 6.07 Å². The first-order chi connectivity index (χ1) is 16.1. The molecule has 0 unspecified atom stereocenters. The molecule has 2 heterocycles. The highest BCUT2D eigenvalue weighted by Gasteiger charge is 2.46. The van der Waals surface area contributed by atoms with Crippen LogP contribution >= 0.6 is 0 Å². The summed E-state index contributed by atoms with van der Waals surface area (Å²) in [6.45, 7) is 6.05. The maximum Gasteiger partial charge on any atom is 0.295 e. The zero-order valence-electron chi connectivity index (χ0n) is 19.3. The minimum absolute atomic E-state index is 0.0145. The number of hydrogen-bond acceptors (Lipinski definition) is 5. The van der Waals surface area contributed by atoms with Crippen LogP contribution in [0.2, 0.25) is 0 Å². The predicted molar refractivity (Wildman–Crippen MR) is 121 cm³/mol. The van der Waals surface area contributed by atoms with Crippen LogP contribution in [0.5, 0.6) is 5.75 Å². The molecule has 0 bridgehead atoms. The Kier molecular flexibility index (Phi) is 6.26. The van der Waals surface area contributed by atoms with E-state index in [1.54, 1.807) is 27.7 Å². The molecule has 0 aliphatic heterocycles. The summed E-state index contributed by atoms with van der Waals surface area (Å²) in [5, 5.41) is 3.45. The summed E-state index contributed by atoms with van der Waals surface area (Å²) in [6.07, 6.45) is -0.780. The van der Waals surface area contributed by atoms with Gasteiger partial charge < -0.3 is 14.6 Å². The van der Waals surface area contributed by atoms with Gasteiger partial charge in [-0.05, 0) is 40.5 Å². The molecule has 182 valence electrons. The monoisotopic (exact) mass is 478 g/mol. The Labute approximate surface area is 194 Å². The van der Waals surface area contributed by atoms with Gasteiger partial charge in [-0.15, -0.1) is 0 Å². The van der Waals surface area contributed by atoms with Crippen molar-refractivity contribution in [1.82, 2.24) is 14.5 Å². The van der Waals surface area contributed by atoms with Crippen LogP contribution < -0.4 is 15.6 Å². The fourth-order valence-corrected chi connectivity index (χ4v) is 4.02. The highest BCUT2D eigenvalue weighted by Crippen LogP contribution is 2.44. The molecule has 2 aromatic heterocycles. The Bertz CT molecular complexity index is 1290. The minimum Gasteiger partial charge on any atom is -0.484 e. The number of nitrogens with zero attached hydrogens (tertiary/aromatic N) is 3. The molecule has 1 N–H and O–H groups in total. The predicted octanol–water partition coefficient (Wildman–Crippen LogP) is 5.60. The van der Waals surface area contributed by atoms with Gasteiger partial charge in [-0.3, -0.25) is 4.79 Å². The van der Waals surface area contributed by atoms with Gasteiger partial charge in [0.15, 0.2) is 0 Å². The molecule has 1 fully saturated rings. The summed E-state index contributed by atoms with van der Waals surface area (Å²) >= 11 is 0. The van der Waals surface area contributed by atoms with Gasteiger partial charge in [0.25, 0.3) is 12.0 Å². The number of halogens is 4. The number of benzene rings is 1. The first kappa shape index (κ1) is 24.0. The average Bonchev–Trinajstić information content (AvgIpc) is 3.56. The first-order valence-electron chi connectivity index (χ1n) is 11.1. The maximum atomic E-state index is 14.7. The highest BCUT2D eigenvalue weighted by molar-refractivity contribution is 5.92. The van der Waals surface area contributed by atoms with Gasteiger partial charge in [-0.2, -0.15) is 0 Å². The third-order valence-corrected chi connectivity index (χ3v) is 6.00. The number of pyridine rings is 1. The molecule has 0 spiro atoms. The molecule has 1 atom stereocenters. The van der Waals surface area contributed by atoms with Crippen molar-refractivity contribution in [2.75, 3.05) is 12.0 Å². The molecule has 0 radical (unpaired) electrons. The third-order valence-electron chi connectivity index (χ3n) is 6.00. The Balaban J connectivity index is 1.88. The number of alkyl halides is 3. The van der Waals surface area contributed by atoms with Crippen molar-refractivity contribution < 1.29 is 22.3 Å². The number of hydrogen-bond donors (Lipinski definition) is 1. The quantitative estimate of drug-likeness (QED) is 0.427. The van der Waals surface area contributed by atoms with Crippen LogP contribution in [0.15, 0.2) is 29.2 Å². The molecule has 1 aliphatic rings. The van der Waals surface area contributed by atoms with Crippen molar-refractivity contribution in [3.8, 4) is 5.75 Å². The highest BCUT2D eigenvalue weighted by atomic mass is 19.3. The van der Waals surface area contributed by atoms with Crippen LogP contribution in [0.3, 0.4) is 0 Å². The SMILES string of the molecule is Cc1nc(N[C@H](C)c2cccc(C(F)F)c2F)c2cn(C3(CF)CC3)c(=O)c(OC(C)C)c2n1. The van der Waals surface area contributed by atoms with Crippen LogP contribution in [-0.4, -0.2) is 27.3 Å². The Morgan fingerprint density at radius 1 is 1.18 bits per heavy atom. The molecule has 3 aromatic rings. The Hall–Kier alpha value is -3.17. The summed E-state index contributed by atoms with van der Waals surface area (Å²) < 4.78 is 62.1. The van der Waals surface area contributed by atoms with E-state index >= 15 is 0 Å². The van der Waals surface area contributed by atoms with Crippen LogP contribution in [0.4, 0.5) is 23.4 Å². The van der Waals surface area contributed by atoms with Crippen molar-refractivity contribution in [3.05, 3.63) is 57.5 Å². The zero-order chi connectivity index (χ0) is 24.8. The van der Waals surface area contributed by atoms with Crippen LogP contribution in [0, 0.1) is 12.7 Å². The minimum atomic E-state index is -2.95. The molecule has 1 aromatic carbocycles. The topological polar surface area (TPSA) is 69.0 Å². The third kappa shape index (κ3) is 4.21. The molecule has 10 heteroatoms. The molecule has 6 nitrogen and oxygen atoms in total. The first-order valence-corrected chi connectivity index (χ1v) is 11.1.